The van der Waals surface area contributed by atoms with Gasteiger partial charge in [-0.1, -0.05) is 18.2 Å². The first kappa shape index (κ1) is 11.3. The van der Waals surface area contributed by atoms with Gasteiger partial charge >= 0.3 is 0 Å². The number of fused-ring (bicyclic) bond motifs is 1. The third-order valence-corrected chi connectivity index (χ3v) is 3.26. The van der Waals surface area contributed by atoms with Crippen LogP contribution in [-0.4, -0.2) is 21.3 Å². The minimum absolute atomic E-state index is 0.653. The summed E-state index contributed by atoms with van der Waals surface area (Å²) in [7, 11) is 1.89. The fourth-order valence-electron chi connectivity index (χ4n) is 2.36. The van der Waals surface area contributed by atoms with Crippen LogP contribution in [0.25, 0.3) is 0 Å². The van der Waals surface area contributed by atoms with Gasteiger partial charge in [0.2, 0.25) is 0 Å². The molecule has 0 bridgehead atoms. The highest BCUT2D eigenvalue weighted by molar-refractivity contribution is 5.45. The van der Waals surface area contributed by atoms with Gasteiger partial charge in [0, 0.05) is 18.8 Å². The quantitative estimate of drug-likeness (QED) is 0.876. The van der Waals surface area contributed by atoms with Crippen LogP contribution in [0, 0.1) is 0 Å². The highest BCUT2D eigenvalue weighted by Gasteiger charge is 2.21. The number of hydrogen-bond acceptors (Lipinski definition) is 3. The van der Waals surface area contributed by atoms with Gasteiger partial charge in [0.1, 0.15) is 11.9 Å². The van der Waals surface area contributed by atoms with E-state index in [9.17, 15) is 5.11 Å². The molecule has 2 aromatic rings. The van der Waals surface area contributed by atoms with Crippen molar-refractivity contribution in [2.24, 2.45) is 7.05 Å². The molecule has 0 saturated carbocycles. The molecule has 0 fully saturated rings. The summed E-state index contributed by atoms with van der Waals surface area (Å²) >= 11 is 0. The summed E-state index contributed by atoms with van der Waals surface area (Å²) in [6.07, 6.45) is 4.84. The summed E-state index contributed by atoms with van der Waals surface area (Å²) in [5, 5.41) is 10.4. The number of imidazole rings is 1. The topological polar surface area (TPSA) is 47.3 Å². The zero-order valence-electron chi connectivity index (χ0n) is 10.3. The average Bonchev–Trinajstić information content (AvgIpc) is 2.84. The third-order valence-electron chi connectivity index (χ3n) is 3.26. The second-order valence-corrected chi connectivity index (χ2v) is 4.65. The van der Waals surface area contributed by atoms with Gasteiger partial charge in [-0.25, -0.2) is 4.98 Å². The number of rotatable bonds is 2. The molecular weight excluding hydrogens is 228 g/mol. The maximum atomic E-state index is 10.4. The molecule has 3 rings (SSSR count). The molecule has 4 heteroatoms. The van der Waals surface area contributed by atoms with E-state index in [2.05, 4.69) is 11.1 Å². The second-order valence-electron chi connectivity index (χ2n) is 4.65. The van der Waals surface area contributed by atoms with Gasteiger partial charge in [-0.3, -0.25) is 0 Å². The molecule has 2 heterocycles. The fraction of sp³-hybridized carbons (Fsp3) is 0.357. The van der Waals surface area contributed by atoms with E-state index in [4.69, 9.17) is 4.74 Å². The molecule has 94 valence electrons. The van der Waals surface area contributed by atoms with Crippen molar-refractivity contribution in [3.63, 3.8) is 0 Å². The molecule has 1 N–H and O–H groups in total. The first-order valence-corrected chi connectivity index (χ1v) is 6.16. The van der Waals surface area contributed by atoms with Crippen LogP contribution in [0.3, 0.4) is 0 Å². The van der Waals surface area contributed by atoms with Crippen LogP contribution in [-0.2, 0) is 13.5 Å². The number of hydrogen-bond donors (Lipinski definition) is 1. The van der Waals surface area contributed by atoms with Crippen LogP contribution in [0.5, 0.6) is 5.75 Å². The van der Waals surface area contributed by atoms with Gasteiger partial charge in [0.25, 0.3) is 0 Å². The Bertz CT molecular complexity index is 563. The molecule has 1 aliphatic heterocycles. The van der Waals surface area contributed by atoms with Gasteiger partial charge in [0.05, 0.1) is 18.6 Å². The third kappa shape index (κ3) is 1.88. The maximum absolute atomic E-state index is 10.4. The highest BCUT2D eigenvalue weighted by Crippen LogP contribution is 2.34. The SMILES string of the molecule is Cn1cnc(C(O)c2cccc3c2OCCC3)c1. The predicted molar refractivity (Wildman–Crippen MR) is 67.5 cm³/mol. The van der Waals surface area contributed by atoms with Gasteiger partial charge in [-0.2, -0.15) is 0 Å². The Kier molecular flexibility index (Phi) is 2.80. The lowest BCUT2D eigenvalue weighted by molar-refractivity contribution is 0.203. The molecule has 4 nitrogen and oxygen atoms in total. The predicted octanol–water partition coefficient (Wildman–Crippen LogP) is 1.83. The monoisotopic (exact) mass is 244 g/mol. The second kappa shape index (κ2) is 4.46. The van der Waals surface area contributed by atoms with Crippen molar-refractivity contribution < 1.29 is 9.84 Å². The van der Waals surface area contributed by atoms with Gasteiger partial charge in [-0.15, -0.1) is 0 Å². The van der Waals surface area contributed by atoms with Crippen LogP contribution >= 0.6 is 0 Å². The number of aromatic nitrogens is 2. The molecule has 0 saturated heterocycles. The molecule has 1 atom stereocenters. The summed E-state index contributed by atoms with van der Waals surface area (Å²) in [6.45, 7) is 0.721. The normalized spacial score (nSPS) is 15.9. The standard InChI is InChI=1S/C14H16N2O2/c1-16-8-12(15-9-16)13(17)11-6-2-4-10-5-3-7-18-14(10)11/h2,4,6,8-9,13,17H,3,5,7H2,1H3. The number of benzene rings is 1. The molecule has 1 unspecified atom stereocenters. The Labute approximate surface area is 106 Å². The first-order valence-electron chi connectivity index (χ1n) is 6.16. The summed E-state index contributed by atoms with van der Waals surface area (Å²) in [6, 6.07) is 5.93. The Morgan fingerprint density at radius 2 is 2.33 bits per heavy atom. The van der Waals surface area contributed by atoms with Gasteiger partial charge in [0.15, 0.2) is 0 Å². The lowest BCUT2D eigenvalue weighted by Gasteiger charge is -2.22. The van der Waals surface area contributed by atoms with Crippen LogP contribution in [0.2, 0.25) is 0 Å². The Hall–Kier alpha value is -1.81. The number of aliphatic hydroxyl groups is 1. The number of nitrogens with zero attached hydrogens (tertiary/aromatic N) is 2. The zero-order valence-corrected chi connectivity index (χ0v) is 10.3. The molecule has 1 aromatic heterocycles. The summed E-state index contributed by atoms with van der Waals surface area (Å²) in [4.78, 5) is 4.20. The molecule has 1 aliphatic rings. The number of para-hydroxylation sites is 1. The van der Waals surface area contributed by atoms with E-state index in [0.29, 0.717) is 5.69 Å². The Morgan fingerprint density at radius 1 is 1.44 bits per heavy atom. The van der Waals surface area contributed by atoms with Crippen molar-refractivity contribution in [2.75, 3.05) is 6.61 Å². The van der Waals surface area contributed by atoms with Crippen molar-refractivity contribution in [2.45, 2.75) is 18.9 Å². The first-order chi connectivity index (χ1) is 8.75. The number of ether oxygens (including phenoxy) is 1. The van der Waals surface area contributed by atoms with E-state index in [-0.39, 0.29) is 0 Å². The smallest absolute Gasteiger partial charge is 0.128 e. The summed E-state index contributed by atoms with van der Waals surface area (Å²) in [5.41, 5.74) is 2.64. The van der Waals surface area contributed by atoms with Crippen molar-refractivity contribution in [3.8, 4) is 5.75 Å². The van der Waals surface area contributed by atoms with Crippen LogP contribution in [0.15, 0.2) is 30.7 Å². The maximum Gasteiger partial charge on any atom is 0.128 e. The Morgan fingerprint density at radius 3 is 3.11 bits per heavy atom. The lowest BCUT2D eigenvalue weighted by atomic mass is 9.98. The number of aryl methyl sites for hydroxylation is 2. The highest BCUT2D eigenvalue weighted by atomic mass is 16.5. The van der Waals surface area contributed by atoms with Crippen LogP contribution in [0.4, 0.5) is 0 Å². The Balaban J connectivity index is 2.01. The average molecular weight is 244 g/mol. The molecule has 1 aromatic carbocycles. The zero-order chi connectivity index (χ0) is 12.5. The summed E-state index contributed by atoms with van der Waals surface area (Å²) in [5.74, 6) is 0.835. The van der Waals surface area contributed by atoms with E-state index in [1.807, 2.05) is 29.9 Å². The van der Waals surface area contributed by atoms with Gasteiger partial charge in [-0.05, 0) is 18.4 Å². The van der Waals surface area contributed by atoms with E-state index in [0.717, 1.165) is 30.8 Å². The largest absolute Gasteiger partial charge is 0.493 e. The van der Waals surface area contributed by atoms with Crippen LogP contribution < -0.4 is 4.74 Å². The molecule has 0 aliphatic carbocycles. The van der Waals surface area contributed by atoms with Crippen molar-refractivity contribution in [3.05, 3.63) is 47.5 Å². The molecule has 0 radical (unpaired) electrons. The fourth-order valence-corrected chi connectivity index (χ4v) is 2.36. The molecule has 0 amide bonds. The minimum Gasteiger partial charge on any atom is -0.493 e. The minimum atomic E-state index is -0.723. The van der Waals surface area contributed by atoms with Crippen molar-refractivity contribution >= 4 is 0 Å². The van der Waals surface area contributed by atoms with E-state index in [1.54, 1.807) is 6.33 Å². The van der Waals surface area contributed by atoms with E-state index < -0.39 is 6.10 Å². The summed E-state index contributed by atoms with van der Waals surface area (Å²) < 4.78 is 7.54. The van der Waals surface area contributed by atoms with E-state index in [1.165, 1.54) is 5.56 Å². The molecule has 0 spiro atoms. The van der Waals surface area contributed by atoms with Crippen LogP contribution in [0.1, 0.15) is 29.3 Å². The molecule has 18 heavy (non-hydrogen) atoms. The van der Waals surface area contributed by atoms with Gasteiger partial charge < -0.3 is 14.4 Å². The molecular formula is C14H16N2O2. The number of aliphatic hydroxyl groups excluding tert-OH is 1. The van der Waals surface area contributed by atoms with Crippen molar-refractivity contribution in [1.82, 2.24) is 9.55 Å². The van der Waals surface area contributed by atoms with Crippen molar-refractivity contribution in [1.29, 1.82) is 0 Å². The lowest BCUT2D eigenvalue weighted by Crippen LogP contribution is -2.12. The van der Waals surface area contributed by atoms with E-state index >= 15 is 0 Å².